The van der Waals surface area contributed by atoms with Crippen LogP contribution in [0.4, 0.5) is 0 Å². The van der Waals surface area contributed by atoms with E-state index in [0.717, 1.165) is 24.8 Å². The van der Waals surface area contributed by atoms with Crippen molar-refractivity contribution in [3.05, 3.63) is 34.9 Å². The molecule has 0 bridgehead atoms. The van der Waals surface area contributed by atoms with Crippen LogP contribution in [0.5, 0.6) is 0 Å². The van der Waals surface area contributed by atoms with Gasteiger partial charge >= 0.3 is 0 Å². The summed E-state index contributed by atoms with van der Waals surface area (Å²) in [7, 11) is 0. The first-order valence-electron chi connectivity index (χ1n) is 6.25. The van der Waals surface area contributed by atoms with Gasteiger partial charge in [0.2, 0.25) is 0 Å². The summed E-state index contributed by atoms with van der Waals surface area (Å²) in [6.45, 7) is 0. The van der Waals surface area contributed by atoms with Crippen LogP contribution in [-0.2, 0) is 6.42 Å². The number of benzene rings is 1. The van der Waals surface area contributed by atoms with Crippen LogP contribution >= 0.6 is 11.6 Å². The van der Waals surface area contributed by atoms with Gasteiger partial charge in [0.25, 0.3) is 0 Å². The van der Waals surface area contributed by atoms with Crippen molar-refractivity contribution < 1.29 is 10.2 Å². The van der Waals surface area contributed by atoms with E-state index in [2.05, 4.69) is 0 Å². The number of hydrogen-bond acceptors (Lipinski definition) is 2. The van der Waals surface area contributed by atoms with Gasteiger partial charge in [-0.05, 0) is 30.5 Å². The predicted octanol–water partition coefficient (Wildman–Crippen LogP) is 2.94. The Morgan fingerprint density at radius 1 is 1.12 bits per heavy atom. The molecule has 1 unspecified atom stereocenters. The van der Waals surface area contributed by atoms with Gasteiger partial charge in [-0.25, -0.2) is 0 Å². The molecule has 1 fully saturated rings. The summed E-state index contributed by atoms with van der Waals surface area (Å²) in [6, 6.07) is 7.43. The van der Waals surface area contributed by atoms with Crippen molar-refractivity contribution in [2.45, 2.75) is 50.2 Å². The lowest BCUT2D eigenvalue weighted by atomic mass is 9.79. The summed E-state index contributed by atoms with van der Waals surface area (Å²) in [5.41, 5.74) is 0.124. The molecule has 0 saturated heterocycles. The van der Waals surface area contributed by atoms with E-state index in [1.165, 1.54) is 0 Å². The molecule has 1 aliphatic rings. The number of rotatable bonds is 3. The molecule has 1 atom stereocenters. The van der Waals surface area contributed by atoms with Crippen molar-refractivity contribution in [3.8, 4) is 0 Å². The third kappa shape index (κ3) is 3.21. The van der Waals surface area contributed by atoms with Crippen molar-refractivity contribution in [3.63, 3.8) is 0 Å². The zero-order valence-electron chi connectivity index (χ0n) is 9.90. The van der Waals surface area contributed by atoms with Crippen molar-refractivity contribution in [1.82, 2.24) is 0 Å². The van der Waals surface area contributed by atoms with E-state index in [0.29, 0.717) is 24.3 Å². The molecule has 1 aromatic carbocycles. The van der Waals surface area contributed by atoms with Crippen LogP contribution < -0.4 is 0 Å². The van der Waals surface area contributed by atoms with Crippen LogP contribution in [-0.4, -0.2) is 21.9 Å². The maximum Gasteiger partial charge on any atom is 0.0908 e. The summed E-state index contributed by atoms with van der Waals surface area (Å²) >= 11 is 5.81. The molecule has 0 aromatic heterocycles. The van der Waals surface area contributed by atoms with E-state index in [4.69, 9.17) is 11.6 Å². The Morgan fingerprint density at radius 2 is 1.71 bits per heavy atom. The number of halogens is 1. The Hall–Kier alpha value is -0.570. The van der Waals surface area contributed by atoms with Gasteiger partial charge in [-0.15, -0.1) is 0 Å². The first-order chi connectivity index (χ1) is 8.10. The second-order valence-corrected chi connectivity index (χ2v) is 5.45. The predicted molar refractivity (Wildman–Crippen MR) is 69.2 cm³/mol. The SMILES string of the molecule is OC(Cc1ccc(Cl)cc1)C1(O)CCCCC1. The van der Waals surface area contributed by atoms with Gasteiger partial charge in [0.1, 0.15) is 0 Å². The van der Waals surface area contributed by atoms with Crippen LogP contribution in [0.3, 0.4) is 0 Å². The minimum absolute atomic E-state index is 0.494. The fourth-order valence-electron chi connectivity index (χ4n) is 2.53. The summed E-state index contributed by atoms with van der Waals surface area (Å²) in [5.74, 6) is 0. The highest BCUT2D eigenvalue weighted by Gasteiger charge is 2.36. The second-order valence-electron chi connectivity index (χ2n) is 5.01. The maximum atomic E-state index is 10.4. The minimum Gasteiger partial charge on any atom is -0.390 e. The second kappa shape index (κ2) is 5.38. The molecule has 2 nitrogen and oxygen atoms in total. The normalized spacial score (nSPS) is 21.1. The van der Waals surface area contributed by atoms with Gasteiger partial charge < -0.3 is 10.2 Å². The fraction of sp³-hybridized carbons (Fsp3) is 0.571. The zero-order chi connectivity index (χ0) is 12.3. The topological polar surface area (TPSA) is 40.5 Å². The number of aliphatic hydroxyl groups excluding tert-OH is 1. The first-order valence-corrected chi connectivity index (χ1v) is 6.63. The quantitative estimate of drug-likeness (QED) is 0.871. The Balaban J connectivity index is 2.00. The Labute approximate surface area is 107 Å². The smallest absolute Gasteiger partial charge is 0.0908 e. The molecule has 0 aliphatic heterocycles. The molecule has 2 N–H and O–H groups in total. The lowest BCUT2D eigenvalue weighted by Gasteiger charge is -2.36. The molecule has 1 aromatic rings. The molecule has 0 radical (unpaired) electrons. The molecule has 2 rings (SSSR count). The lowest BCUT2D eigenvalue weighted by Crippen LogP contribution is -2.45. The summed E-state index contributed by atoms with van der Waals surface area (Å²) in [4.78, 5) is 0. The van der Waals surface area contributed by atoms with Gasteiger partial charge in [0.15, 0.2) is 0 Å². The molecule has 0 heterocycles. The van der Waals surface area contributed by atoms with E-state index < -0.39 is 11.7 Å². The summed E-state index contributed by atoms with van der Waals surface area (Å²) in [5, 5.41) is 21.2. The molecular formula is C14H19ClO2. The Bertz CT molecular complexity index is 355. The van der Waals surface area contributed by atoms with Crippen LogP contribution in [0, 0.1) is 0 Å². The average molecular weight is 255 g/mol. The molecular weight excluding hydrogens is 236 g/mol. The molecule has 1 saturated carbocycles. The number of aliphatic hydroxyl groups is 2. The molecule has 94 valence electrons. The maximum absolute atomic E-state index is 10.4. The van der Waals surface area contributed by atoms with Crippen molar-refractivity contribution in [2.75, 3.05) is 0 Å². The van der Waals surface area contributed by atoms with Crippen molar-refractivity contribution in [1.29, 1.82) is 0 Å². The molecule has 3 heteroatoms. The van der Waals surface area contributed by atoms with Crippen LogP contribution in [0.25, 0.3) is 0 Å². The number of hydrogen-bond donors (Lipinski definition) is 2. The largest absolute Gasteiger partial charge is 0.390 e. The van der Waals surface area contributed by atoms with E-state index in [-0.39, 0.29) is 0 Å². The van der Waals surface area contributed by atoms with Gasteiger partial charge in [0.05, 0.1) is 11.7 Å². The van der Waals surface area contributed by atoms with Gasteiger partial charge in [-0.1, -0.05) is 43.0 Å². The molecule has 1 aliphatic carbocycles. The monoisotopic (exact) mass is 254 g/mol. The van der Waals surface area contributed by atoms with Gasteiger partial charge in [-0.3, -0.25) is 0 Å². The van der Waals surface area contributed by atoms with Gasteiger partial charge in [0, 0.05) is 11.4 Å². The highest BCUT2D eigenvalue weighted by atomic mass is 35.5. The Morgan fingerprint density at radius 3 is 2.29 bits per heavy atom. The van der Waals surface area contributed by atoms with E-state index >= 15 is 0 Å². The highest BCUT2D eigenvalue weighted by molar-refractivity contribution is 6.30. The third-order valence-electron chi connectivity index (χ3n) is 3.68. The molecule has 0 amide bonds. The molecule has 17 heavy (non-hydrogen) atoms. The first kappa shape index (κ1) is 12.9. The highest BCUT2D eigenvalue weighted by Crippen LogP contribution is 2.32. The summed E-state index contributed by atoms with van der Waals surface area (Å²) < 4.78 is 0. The van der Waals surface area contributed by atoms with E-state index in [1.807, 2.05) is 24.3 Å². The Kier molecular flexibility index (Phi) is 4.08. The van der Waals surface area contributed by atoms with Crippen LogP contribution in [0.2, 0.25) is 5.02 Å². The fourth-order valence-corrected chi connectivity index (χ4v) is 2.66. The van der Waals surface area contributed by atoms with E-state index in [1.54, 1.807) is 0 Å². The molecule has 0 spiro atoms. The van der Waals surface area contributed by atoms with Crippen molar-refractivity contribution in [2.24, 2.45) is 0 Å². The summed E-state index contributed by atoms with van der Waals surface area (Å²) in [6.07, 6.45) is 4.42. The average Bonchev–Trinajstić information content (AvgIpc) is 2.33. The van der Waals surface area contributed by atoms with Gasteiger partial charge in [-0.2, -0.15) is 0 Å². The third-order valence-corrected chi connectivity index (χ3v) is 3.93. The standard InChI is InChI=1S/C14H19ClO2/c15-12-6-4-11(5-7-12)10-13(16)14(17)8-2-1-3-9-14/h4-7,13,16-17H,1-3,8-10H2. The zero-order valence-corrected chi connectivity index (χ0v) is 10.7. The van der Waals surface area contributed by atoms with Crippen molar-refractivity contribution >= 4 is 11.6 Å². The minimum atomic E-state index is -0.891. The lowest BCUT2D eigenvalue weighted by molar-refractivity contribution is -0.0960. The van der Waals surface area contributed by atoms with Crippen LogP contribution in [0.1, 0.15) is 37.7 Å². The van der Waals surface area contributed by atoms with Crippen LogP contribution in [0.15, 0.2) is 24.3 Å². The van der Waals surface area contributed by atoms with E-state index in [9.17, 15) is 10.2 Å².